The zero-order valence-corrected chi connectivity index (χ0v) is 13.5. The molecule has 0 unspecified atom stereocenters. The van der Waals surface area contributed by atoms with Gasteiger partial charge in [-0.3, -0.25) is 5.43 Å². The van der Waals surface area contributed by atoms with Crippen LogP contribution in [0, 0.1) is 0 Å². The van der Waals surface area contributed by atoms with Crippen molar-refractivity contribution in [3.63, 3.8) is 0 Å². The van der Waals surface area contributed by atoms with E-state index >= 15 is 0 Å². The van der Waals surface area contributed by atoms with Gasteiger partial charge >= 0.3 is 0 Å². The second-order valence-corrected chi connectivity index (χ2v) is 5.10. The molecule has 4 N–H and O–H groups in total. The maximum absolute atomic E-state index is 9.78. The molecular weight excluding hydrogens is 314 g/mol. The number of methoxy groups -OCH3 is 1. The molecular formula is C16H17N3O3S. The summed E-state index contributed by atoms with van der Waals surface area (Å²) in [6.07, 6.45) is 0. The molecule has 0 fully saturated rings. The van der Waals surface area contributed by atoms with Crippen molar-refractivity contribution in [1.82, 2.24) is 5.43 Å². The Kier molecular flexibility index (Phi) is 5.37. The van der Waals surface area contributed by atoms with Gasteiger partial charge in [0.15, 0.2) is 5.11 Å². The molecule has 0 heterocycles. The zero-order chi connectivity index (χ0) is 16.8. The summed E-state index contributed by atoms with van der Waals surface area (Å²) < 4.78 is 5.13. The van der Waals surface area contributed by atoms with Crippen LogP contribution in [-0.2, 0) is 0 Å². The third kappa shape index (κ3) is 4.58. The van der Waals surface area contributed by atoms with Crippen molar-refractivity contribution in [2.24, 2.45) is 5.10 Å². The van der Waals surface area contributed by atoms with Crippen LogP contribution < -0.4 is 15.5 Å². The highest BCUT2D eigenvalue weighted by molar-refractivity contribution is 7.80. The van der Waals surface area contributed by atoms with Gasteiger partial charge in [0, 0.05) is 17.3 Å². The van der Waals surface area contributed by atoms with Gasteiger partial charge in [-0.2, -0.15) is 5.10 Å². The fourth-order valence-corrected chi connectivity index (χ4v) is 2.03. The first-order valence-electron chi connectivity index (χ1n) is 6.77. The number of nitrogens with zero attached hydrogens (tertiary/aromatic N) is 1. The molecule has 7 heteroatoms. The fraction of sp³-hybridized carbons (Fsp3) is 0.125. The van der Waals surface area contributed by atoms with Crippen molar-refractivity contribution in [2.45, 2.75) is 6.92 Å². The largest absolute Gasteiger partial charge is 0.508 e. The summed E-state index contributed by atoms with van der Waals surface area (Å²) in [5.74, 6) is 0.782. The van der Waals surface area contributed by atoms with Gasteiger partial charge in [0.1, 0.15) is 17.2 Å². The number of thiocarbonyl (C=S) groups is 1. The number of rotatable bonds is 4. The zero-order valence-electron chi connectivity index (χ0n) is 12.7. The average Bonchev–Trinajstić information content (AvgIpc) is 2.55. The van der Waals surface area contributed by atoms with Crippen LogP contribution in [0.3, 0.4) is 0 Å². The molecule has 0 aromatic heterocycles. The van der Waals surface area contributed by atoms with Gasteiger partial charge in [-0.25, -0.2) is 0 Å². The van der Waals surface area contributed by atoms with Crippen LogP contribution in [0.1, 0.15) is 12.5 Å². The lowest BCUT2D eigenvalue weighted by Crippen LogP contribution is -2.25. The van der Waals surface area contributed by atoms with E-state index in [1.54, 1.807) is 20.1 Å². The number of ether oxygens (including phenoxy) is 1. The van der Waals surface area contributed by atoms with Crippen LogP contribution in [0.25, 0.3) is 0 Å². The number of hydrogen-bond acceptors (Lipinski definition) is 5. The molecule has 6 nitrogen and oxygen atoms in total. The monoisotopic (exact) mass is 331 g/mol. The standard InChI is InChI=1S/C16H17N3O3S/c1-10(14-9-12(20)6-7-15(14)21)18-19-16(23)17-11-4-3-5-13(8-11)22-2/h3-9,20-21H,1-2H3,(H2,17,19,23)/b18-10+. The number of phenolic OH excluding ortho intramolecular Hbond substituents is 2. The van der Waals surface area contributed by atoms with Gasteiger partial charge in [0.25, 0.3) is 0 Å². The summed E-state index contributed by atoms with van der Waals surface area (Å²) in [6, 6.07) is 11.5. The van der Waals surface area contributed by atoms with E-state index in [9.17, 15) is 10.2 Å². The quantitative estimate of drug-likeness (QED) is 0.298. The number of hydrazone groups is 1. The van der Waals surface area contributed by atoms with Gasteiger partial charge in [-0.1, -0.05) is 6.07 Å². The molecule has 0 atom stereocenters. The Morgan fingerprint density at radius 1 is 1.17 bits per heavy atom. The molecule has 120 valence electrons. The lowest BCUT2D eigenvalue weighted by molar-refractivity contribution is 0.415. The van der Waals surface area contributed by atoms with Gasteiger partial charge in [0.2, 0.25) is 0 Å². The van der Waals surface area contributed by atoms with Crippen molar-refractivity contribution in [3.8, 4) is 17.2 Å². The average molecular weight is 331 g/mol. The van der Waals surface area contributed by atoms with Crippen molar-refractivity contribution in [1.29, 1.82) is 0 Å². The van der Waals surface area contributed by atoms with Gasteiger partial charge < -0.3 is 20.3 Å². The molecule has 0 amide bonds. The number of phenols is 2. The Morgan fingerprint density at radius 3 is 2.70 bits per heavy atom. The molecule has 0 radical (unpaired) electrons. The number of anilines is 1. The maximum atomic E-state index is 9.78. The number of nitrogens with one attached hydrogen (secondary N) is 2. The van der Waals surface area contributed by atoms with E-state index < -0.39 is 0 Å². The topological polar surface area (TPSA) is 86.1 Å². The summed E-state index contributed by atoms with van der Waals surface area (Å²) in [5.41, 5.74) is 4.35. The van der Waals surface area contributed by atoms with Gasteiger partial charge in [-0.15, -0.1) is 0 Å². The lowest BCUT2D eigenvalue weighted by Gasteiger charge is -2.10. The molecule has 0 aliphatic rings. The van der Waals surface area contributed by atoms with Crippen LogP contribution >= 0.6 is 12.2 Å². The molecule has 0 aliphatic heterocycles. The summed E-state index contributed by atoms with van der Waals surface area (Å²) in [4.78, 5) is 0. The summed E-state index contributed by atoms with van der Waals surface area (Å²) in [5, 5.41) is 26.6. The predicted octanol–water partition coefficient (Wildman–Crippen LogP) is 2.82. The van der Waals surface area contributed by atoms with E-state index in [4.69, 9.17) is 17.0 Å². The van der Waals surface area contributed by atoms with Gasteiger partial charge in [0.05, 0.1) is 12.8 Å². The maximum Gasteiger partial charge on any atom is 0.191 e. The van der Waals surface area contributed by atoms with Crippen LogP contribution in [0.2, 0.25) is 0 Å². The Bertz CT molecular complexity index is 747. The van der Waals surface area contributed by atoms with Crippen molar-refractivity contribution in [2.75, 3.05) is 12.4 Å². The second-order valence-electron chi connectivity index (χ2n) is 4.70. The van der Waals surface area contributed by atoms with E-state index in [1.807, 2.05) is 18.2 Å². The number of hydrogen-bond donors (Lipinski definition) is 4. The minimum atomic E-state index is 0.0255. The highest BCUT2D eigenvalue weighted by Crippen LogP contribution is 2.22. The summed E-state index contributed by atoms with van der Waals surface area (Å²) >= 11 is 5.16. The number of benzene rings is 2. The first-order chi connectivity index (χ1) is 11.0. The van der Waals surface area contributed by atoms with Crippen molar-refractivity contribution < 1.29 is 14.9 Å². The third-order valence-corrected chi connectivity index (χ3v) is 3.22. The van der Waals surface area contributed by atoms with Gasteiger partial charge in [-0.05, 0) is 49.5 Å². The van der Waals surface area contributed by atoms with Crippen LogP contribution in [-0.4, -0.2) is 28.1 Å². The molecule has 2 rings (SSSR count). The van der Waals surface area contributed by atoms with Crippen LogP contribution in [0.15, 0.2) is 47.6 Å². The summed E-state index contributed by atoms with van der Waals surface area (Å²) in [7, 11) is 1.59. The second kappa shape index (κ2) is 7.46. The highest BCUT2D eigenvalue weighted by atomic mass is 32.1. The summed E-state index contributed by atoms with van der Waals surface area (Å²) in [6.45, 7) is 1.69. The molecule has 2 aromatic rings. The van der Waals surface area contributed by atoms with E-state index in [2.05, 4.69) is 15.8 Å². The molecule has 0 spiro atoms. The normalized spacial score (nSPS) is 11.0. The Balaban J connectivity index is 2.03. The Morgan fingerprint density at radius 2 is 1.96 bits per heavy atom. The smallest absolute Gasteiger partial charge is 0.191 e. The van der Waals surface area contributed by atoms with Crippen LogP contribution in [0.4, 0.5) is 5.69 Å². The third-order valence-electron chi connectivity index (χ3n) is 3.02. The van der Waals surface area contributed by atoms with Crippen molar-refractivity contribution >= 4 is 28.7 Å². The Labute approximate surface area is 139 Å². The van der Waals surface area contributed by atoms with Crippen molar-refractivity contribution in [3.05, 3.63) is 48.0 Å². The molecule has 0 saturated carbocycles. The molecule has 0 saturated heterocycles. The Hall–Kier alpha value is -2.80. The van der Waals surface area contributed by atoms with E-state index in [0.29, 0.717) is 17.0 Å². The van der Waals surface area contributed by atoms with E-state index in [-0.39, 0.29) is 16.6 Å². The first kappa shape index (κ1) is 16.6. The molecule has 23 heavy (non-hydrogen) atoms. The minimum absolute atomic E-state index is 0.0255. The fourth-order valence-electron chi connectivity index (χ4n) is 1.87. The molecule has 0 aliphatic carbocycles. The van der Waals surface area contributed by atoms with E-state index in [1.165, 1.54) is 18.2 Å². The van der Waals surface area contributed by atoms with Crippen LogP contribution in [0.5, 0.6) is 17.2 Å². The SMILES string of the molecule is COc1cccc(NC(=S)N/N=C(\C)c2cc(O)ccc2O)c1. The van der Waals surface area contributed by atoms with E-state index in [0.717, 1.165) is 5.69 Å². The molecule has 0 bridgehead atoms. The number of aromatic hydroxyl groups is 2. The molecule has 2 aromatic carbocycles. The highest BCUT2D eigenvalue weighted by Gasteiger charge is 2.06. The lowest BCUT2D eigenvalue weighted by atomic mass is 10.1. The predicted molar refractivity (Wildman–Crippen MR) is 94.3 cm³/mol. The minimum Gasteiger partial charge on any atom is -0.508 e. The first-order valence-corrected chi connectivity index (χ1v) is 7.18.